The molecule has 1 aromatic heterocycles. The first-order valence-electron chi connectivity index (χ1n) is 1.85. The highest BCUT2D eigenvalue weighted by molar-refractivity contribution is 7.07. The molecule has 41 valence electrons. The molecule has 1 rings (SSSR count). The molecule has 1 heterocycles. The number of carboxylic acids is 1. The summed E-state index contributed by atoms with van der Waals surface area (Å²) in [6.45, 7) is 0. The maximum Gasteiger partial charge on any atom is 0.355 e. The van der Waals surface area contributed by atoms with Gasteiger partial charge in [-0.2, -0.15) is 0 Å². The minimum Gasteiger partial charge on any atom is -0.476 e. The van der Waals surface area contributed by atoms with Crippen molar-refractivity contribution >= 4 is 17.3 Å². The first kappa shape index (κ1) is 5.24. The lowest BCUT2D eigenvalue weighted by molar-refractivity contribution is 0.0691. The van der Waals surface area contributed by atoms with E-state index < -0.39 is 5.97 Å². The SMILES string of the molecule is O=C(O)c1cs[c]n1. The summed E-state index contributed by atoms with van der Waals surface area (Å²) in [7, 11) is 0. The van der Waals surface area contributed by atoms with Gasteiger partial charge in [0.1, 0.15) is 0 Å². The Morgan fingerprint density at radius 3 is 3.00 bits per heavy atom. The monoisotopic (exact) mass is 128 g/mol. The number of thiazole rings is 1. The Kier molecular flexibility index (Phi) is 1.26. The van der Waals surface area contributed by atoms with E-state index >= 15 is 0 Å². The summed E-state index contributed by atoms with van der Waals surface area (Å²) in [6, 6.07) is 0. The van der Waals surface area contributed by atoms with Crippen molar-refractivity contribution in [1.29, 1.82) is 0 Å². The van der Waals surface area contributed by atoms with Crippen molar-refractivity contribution in [3.05, 3.63) is 16.6 Å². The predicted octanol–water partition coefficient (Wildman–Crippen LogP) is 0.641. The molecule has 1 radical (unpaired) electrons. The van der Waals surface area contributed by atoms with E-state index in [1.807, 2.05) is 0 Å². The normalized spacial score (nSPS) is 9.00. The molecule has 0 amide bonds. The summed E-state index contributed by atoms with van der Waals surface area (Å²) in [6.07, 6.45) is 0. The van der Waals surface area contributed by atoms with Crippen molar-refractivity contribution in [3.8, 4) is 0 Å². The minimum absolute atomic E-state index is 0.0648. The van der Waals surface area contributed by atoms with Crippen LogP contribution in [0.25, 0.3) is 0 Å². The topological polar surface area (TPSA) is 50.2 Å². The van der Waals surface area contributed by atoms with Gasteiger partial charge in [-0.15, -0.1) is 11.3 Å². The summed E-state index contributed by atoms with van der Waals surface area (Å²) in [5.41, 5.74) is 2.49. The van der Waals surface area contributed by atoms with E-state index in [0.717, 1.165) is 11.3 Å². The third-order valence-corrected chi connectivity index (χ3v) is 1.15. The molecule has 0 spiro atoms. The van der Waals surface area contributed by atoms with Crippen LogP contribution in [0.2, 0.25) is 0 Å². The van der Waals surface area contributed by atoms with Gasteiger partial charge in [-0.05, 0) is 0 Å². The van der Waals surface area contributed by atoms with Crippen LogP contribution in [0.3, 0.4) is 0 Å². The van der Waals surface area contributed by atoms with Gasteiger partial charge in [0.05, 0.1) is 0 Å². The lowest BCUT2D eigenvalue weighted by Gasteiger charge is -1.77. The summed E-state index contributed by atoms with van der Waals surface area (Å²) >= 11 is 1.15. The summed E-state index contributed by atoms with van der Waals surface area (Å²) in [4.78, 5) is 13.4. The van der Waals surface area contributed by atoms with Gasteiger partial charge in [0, 0.05) is 5.38 Å². The molecular weight excluding hydrogens is 126 g/mol. The van der Waals surface area contributed by atoms with Crippen LogP contribution in [0.15, 0.2) is 5.38 Å². The number of hydrogen-bond donors (Lipinski definition) is 1. The maximum atomic E-state index is 9.99. The minimum atomic E-state index is -0.998. The third-order valence-electron chi connectivity index (χ3n) is 0.608. The van der Waals surface area contributed by atoms with Crippen molar-refractivity contribution in [1.82, 2.24) is 4.98 Å². The number of nitrogens with zero attached hydrogens (tertiary/aromatic N) is 1. The summed E-state index contributed by atoms with van der Waals surface area (Å²) < 4.78 is 0. The highest BCUT2D eigenvalue weighted by Crippen LogP contribution is 1.97. The third kappa shape index (κ3) is 0.840. The molecule has 0 unspecified atom stereocenters. The second-order valence-electron chi connectivity index (χ2n) is 1.13. The van der Waals surface area contributed by atoms with Crippen molar-refractivity contribution < 1.29 is 9.90 Å². The van der Waals surface area contributed by atoms with Gasteiger partial charge in [-0.25, -0.2) is 9.78 Å². The quantitative estimate of drug-likeness (QED) is 0.603. The van der Waals surface area contributed by atoms with Crippen molar-refractivity contribution in [3.63, 3.8) is 0 Å². The fourth-order valence-electron chi connectivity index (χ4n) is 0.282. The van der Waals surface area contributed by atoms with Gasteiger partial charge in [0.2, 0.25) is 0 Å². The fourth-order valence-corrected chi connectivity index (χ4v) is 0.751. The zero-order valence-electron chi connectivity index (χ0n) is 3.79. The zero-order valence-corrected chi connectivity index (χ0v) is 4.60. The molecular formula is C4H2NO2S. The zero-order chi connectivity index (χ0) is 5.98. The molecule has 0 saturated heterocycles. The molecule has 0 saturated carbocycles. The number of hydrogen-bond acceptors (Lipinski definition) is 3. The van der Waals surface area contributed by atoms with Gasteiger partial charge in [-0.3, -0.25) is 0 Å². The Morgan fingerprint density at radius 2 is 2.75 bits per heavy atom. The Bertz CT molecular complexity index is 182. The Hall–Kier alpha value is -0.900. The Labute approximate surface area is 49.6 Å². The van der Waals surface area contributed by atoms with E-state index in [1.165, 1.54) is 5.38 Å². The summed E-state index contributed by atoms with van der Waals surface area (Å²) in [5.74, 6) is -0.998. The second-order valence-corrected chi connectivity index (χ2v) is 1.78. The van der Waals surface area contributed by atoms with Crippen molar-refractivity contribution in [2.24, 2.45) is 0 Å². The molecule has 0 aliphatic carbocycles. The van der Waals surface area contributed by atoms with Gasteiger partial charge in [-0.1, -0.05) is 0 Å². The number of aromatic carboxylic acids is 1. The molecule has 1 N–H and O–H groups in total. The molecule has 0 aliphatic heterocycles. The van der Waals surface area contributed by atoms with Crippen LogP contribution in [-0.2, 0) is 0 Å². The molecule has 0 aliphatic rings. The summed E-state index contributed by atoms with van der Waals surface area (Å²) in [5, 5.41) is 9.63. The largest absolute Gasteiger partial charge is 0.476 e. The molecule has 4 heteroatoms. The lowest BCUT2D eigenvalue weighted by Crippen LogP contribution is -1.94. The van der Waals surface area contributed by atoms with Crippen LogP contribution in [0.4, 0.5) is 0 Å². The van der Waals surface area contributed by atoms with Crippen molar-refractivity contribution in [2.45, 2.75) is 0 Å². The van der Waals surface area contributed by atoms with E-state index in [-0.39, 0.29) is 5.69 Å². The first-order valence-corrected chi connectivity index (χ1v) is 2.73. The molecule has 8 heavy (non-hydrogen) atoms. The van der Waals surface area contributed by atoms with Crippen LogP contribution in [-0.4, -0.2) is 16.1 Å². The molecule has 3 nitrogen and oxygen atoms in total. The first-order chi connectivity index (χ1) is 3.80. The van der Waals surface area contributed by atoms with E-state index in [4.69, 9.17) is 5.11 Å². The smallest absolute Gasteiger partial charge is 0.355 e. The van der Waals surface area contributed by atoms with E-state index in [2.05, 4.69) is 10.5 Å². The van der Waals surface area contributed by atoms with E-state index in [0.29, 0.717) is 0 Å². The predicted molar refractivity (Wildman–Crippen MR) is 27.9 cm³/mol. The van der Waals surface area contributed by atoms with Crippen LogP contribution in [0, 0.1) is 5.51 Å². The maximum absolute atomic E-state index is 9.99. The van der Waals surface area contributed by atoms with Crippen LogP contribution >= 0.6 is 11.3 Å². The van der Waals surface area contributed by atoms with E-state index in [9.17, 15) is 4.79 Å². The standard InChI is InChI=1S/C4H2NO2S/c6-4(7)3-1-8-2-5-3/h1H,(H,6,7). The number of carbonyl (C=O) groups is 1. The highest BCUT2D eigenvalue weighted by atomic mass is 32.1. The number of aromatic nitrogens is 1. The Balaban J connectivity index is 2.93. The second kappa shape index (κ2) is 1.92. The number of rotatable bonds is 1. The van der Waals surface area contributed by atoms with Gasteiger partial charge >= 0.3 is 5.97 Å². The average Bonchev–Trinajstić information content (AvgIpc) is 2.12. The fraction of sp³-hybridized carbons (Fsp3) is 0. The van der Waals surface area contributed by atoms with Gasteiger partial charge in [0.15, 0.2) is 11.2 Å². The average molecular weight is 128 g/mol. The van der Waals surface area contributed by atoms with E-state index in [1.54, 1.807) is 0 Å². The Morgan fingerprint density at radius 1 is 2.00 bits per heavy atom. The van der Waals surface area contributed by atoms with Crippen LogP contribution < -0.4 is 0 Å². The molecule has 1 aromatic rings. The van der Waals surface area contributed by atoms with Crippen LogP contribution in [0.1, 0.15) is 10.5 Å². The molecule has 0 bridgehead atoms. The lowest BCUT2D eigenvalue weighted by atomic mass is 10.5. The van der Waals surface area contributed by atoms with Gasteiger partial charge in [0.25, 0.3) is 0 Å². The van der Waals surface area contributed by atoms with Crippen LogP contribution in [0.5, 0.6) is 0 Å². The molecule has 0 aromatic carbocycles. The molecule has 0 atom stereocenters. The highest BCUT2D eigenvalue weighted by Gasteiger charge is 2.01. The number of carboxylic acid groups (broad SMARTS) is 1. The van der Waals surface area contributed by atoms with Crippen molar-refractivity contribution in [2.75, 3.05) is 0 Å². The van der Waals surface area contributed by atoms with Gasteiger partial charge < -0.3 is 5.11 Å². The molecule has 0 fully saturated rings.